The average molecular weight is 173 g/mol. The predicted molar refractivity (Wildman–Crippen MR) is 52.4 cm³/mol. The molecule has 2 aromatic rings. The molecule has 0 radical (unpaired) electrons. The van der Waals surface area contributed by atoms with Crippen LogP contribution in [0.4, 0.5) is 0 Å². The van der Waals surface area contributed by atoms with Gasteiger partial charge >= 0.3 is 11.8 Å². The third-order valence-corrected chi connectivity index (χ3v) is 1.95. The van der Waals surface area contributed by atoms with Crippen LogP contribution in [0.5, 0.6) is 5.75 Å². The van der Waals surface area contributed by atoms with Gasteiger partial charge in [0.2, 0.25) is 5.75 Å². The van der Waals surface area contributed by atoms with Crippen LogP contribution in [0.1, 0.15) is 5.56 Å². The van der Waals surface area contributed by atoms with Crippen molar-refractivity contribution >= 4 is 17.0 Å². The van der Waals surface area contributed by atoms with Crippen LogP contribution in [-0.2, 0) is 0 Å². The van der Waals surface area contributed by atoms with Gasteiger partial charge in [-0.3, -0.25) is 0 Å². The maximum absolute atomic E-state index is 9.68. The Morgan fingerprint density at radius 3 is 2.92 bits per heavy atom. The molecule has 0 unspecified atom stereocenters. The lowest BCUT2D eigenvalue weighted by molar-refractivity contribution is 0.462. The van der Waals surface area contributed by atoms with Gasteiger partial charge in [0.15, 0.2) is 0 Å². The average Bonchev–Trinajstić information content (AvgIpc) is 2.19. The van der Waals surface area contributed by atoms with Crippen molar-refractivity contribution in [3.63, 3.8) is 0 Å². The molecule has 2 rings (SSSR count). The Balaban J connectivity index is 2.86. The summed E-state index contributed by atoms with van der Waals surface area (Å²) in [6, 6.07) is 7.36. The summed E-state index contributed by atoms with van der Waals surface area (Å²) in [5.41, 5.74) is 1.18. The van der Waals surface area contributed by atoms with E-state index in [2.05, 4.69) is 6.58 Å². The van der Waals surface area contributed by atoms with Gasteiger partial charge in [0.1, 0.15) is 0 Å². The molecule has 13 heavy (non-hydrogen) atoms. The lowest BCUT2D eigenvalue weighted by Gasteiger charge is -1.95. The third-order valence-electron chi connectivity index (χ3n) is 1.95. The SMILES string of the molecule is C=Cc1ccc2ccc[o+]c2c1O. The Morgan fingerprint density at radius 1 is 1.31 bits per heavy atom. The van der Waals surface area contributed by atoms with Crippen LogP contribution in [-0.4, -0.2) is 5.11 Å². The summed E-state index contributed by atoms with van der Waals surface area (Å²) in [5, 5.41) is 10.6. The maximum atomic E-state index is 9.68. The minimum atomic E-state index is 0.146. The topological polar surface area (TPSA) is 31.5 Å². The largest absolute Gasteiger partial charge is 0.500 e. The zero-order valence-corrected chi connectivity index (χ0v) is 7.03. The zero-order valence-electron chi connectivity index (χ0n) is 7.03. The van der Waals surface area contributed by atoms with Crippen LogP contribution in [0.25, 0.3) is 17.0 Å². The lowest BCUT2D eigenvalue weighted by Crippen LogP contribution is -1.77. The first-order valence-corrected chi connectivity index (χ1v) is 3.98. The van der Waals surface area contributed by atoms with Crippen molar-refractivity contribution in [2.24, 2.45) is 0 Å². The van der Waals surface area contributed by atoms with E-state index in [0.29, 0.717) is 11.1 Å². The molecular formula is C11H9O2+. The third kappa shape index (κ3) is 1.16. The summed E-state index contributed by atoms with van der Waals surface area (Å²) in [6.07, 6.45) is 3.13. The normalized spacial score (nSPS) is 10.2. The quantitative estimate of drug-likeness (QED) is 0.672. The second-order valence-electron chi connectivity index (χ2n) is 2.74. The van der Waals surface area contributed by atoms with Gasteiger partial charge in [-0.05, 0) is 18.2 Å². The highest BCUT2D eigenvalue weighted by atomic mass is 16.3. The van der Waals surface area contributed by atoms with Crippen LogP contribution in [0, 0.1) is 0 Å². The van der Waals surface area contributed by atoms with E-state index in [0.717, 1.165) is 5.39 Å². The molecule has 1 aromatic carbocycles. The molecular weight excluding hydrogens is 164 g/mol. The molecule has 0 saturated carbocycles. The Morgan fingerprint density at radius 2 is 2.15 bits per heavy atom. The Bertz CT molecular complexity index is 461. The van der Waals surface area contributed by atoms with Gasteiger partial charge in [0.25, 0.3) is 0 Å². The van der Waals surface area contributed by atoms with Crippen molar-refractivity contribution < 1.29 is 9.52 Å². The Hall–Kier alpha value is -1.83. The molecule has 1 N–H and O–H groups in total. The number of phenolic OH excluding ortho intramolecular Hbond substituents is 1. The second kappa shape index (κ2) is 2.90. The minimum absolute atomic E-state index is 0.146. The monoisotopic (exact) mass is 173 g/mol. The first-order chi connectivity index (χ1) is 6.33. The van der Waals surface area contributed by atoms with Gasteiger partial charge in [-0.2, -0.15) is 0 Å². The van der Waals surface area contributed by atoms with Gasteiger partial charge in [0, 0.05) is 11.6 Å². The highest BCUT2D eigenvalue weighted by Crippen LogP contribution is 2.28. The van der Waals surface area contributed by atoms with E-state index in [9.17, 15) is 5.11 Å². The minimum Gasteiger partial charge on any atom is -0.500 e. The van der Waals surface area contributed by atoms with E-state index in [1.165, 1.54) is 6.26 Å². The summed E-state index contributed by atoms with van der Waals surface area (Å²) in [5.74, 6) is 0.146. The molecule has 0 saturated heterocycles. The predicted octanol–water partition coefficient (Wildman–Crippen LogP) is 3.06. The highest BCUT2D eigenvalue weighted by molar-refractivity contribution is 5.86. The Kier molecular flexibility index (Phi) is 1.74. The van der Waals surface area contributed by atoms with Crippen molar-refractivity contribution in [2.75, 3.05) is 0 Å². The zero-order chi connectivity index (χ0) is 9.26. The number of aromatic hydroxyl groups is 1. The number of hydrogen-bond acceptors (Lipinski definition) is 1. The molecule has 0 bridgehead atoms. The van der Waals surface area contributed by atoms with Gasteiger partial charge in [-0.1, -0.05) is 12.7 Å². The van der Waals surface area contributed by atoms with Crippen molar-refractivity contribution in [2.45, 2.75) is 0 Å². The Labute approximate surface area is 75.8 Å². The van der Waals surface area contributed by atoms with Crippen LogP contribution in [0.2, 0.25) is 0 Å². The van der Waals surface area contributed by atoms with E-state index in [4.69, 9.17) is 4.42 Å². The summed E-state index contributed by atoms with van der Waals surface area (Å²) in [7, 11) is 0. The molecule has 0 spiro atoms. The van der Waals surface area contributed by atoms with Gasteiger partial charge in [-0.15, -0.1) is 0 Å². The molecule has 1 heterocycles. The number of benzene rings is 1. The van der Waals surface area contributed by atoms with E-state index in [1.807, 2.05) is 12.1 Å². The molecule has 64 valence electrons. The van der Waals surface area contributed by atoms with E-state index < -0.39 is 0 Å². The van der Waals surface area contributed by atoms with Crippen LogP contribution in [0.15, 0.2) is 41.5 Å². The molecule has 2 nitrogen and oxygen atoms in total. The van der Waals surface area contributed by atoms with Crippen molar-refractivity contribution in [1.29, 1.82) is 0 Å². The fourth-order valence-electron chi connectivity index (χ4n) is 1.27. The standard InChI is InChI=1S/C11H8O2/c1-2-8-5-6-9-4-3-7-13-11(9)10(8)12/h2-7H,1H2/p+1. The van der Waals surface area contributed by atoms with E-state index in [-0.39, 0.29) is 5.75 Å². The summed E-state index contributed by atoms with van der Waals surface area (Å²) >= 11 is 0. The fourth-order valence-corrected chi connectivity index (χ4v) is 1.27. The summed E-state index contributed by atoms with van der Waals surface area (Å²) < 4.78 is 5.19. The van der Waals surface area contributed by atoms with Crippen molar-refractivity contribution in [3.8, 4) is 5.75 Å². The number of hydrogen-bond donors (Lipinski definition) is 1. The molecule has 0 aliphatic carbocycles. The lowest BCUT2D eigenvalue weighted by atomic mass is 10.1. The first kappa shape index (κ1) is 7.80. The molecule has 0 amide bonds. The molecule has 2 heteroatoms. The van der Waals surface area contributed by atoms with Gasteiger partial charge in [-0.25, -0.2) is 4.42 Å². The first-order valence-electron chi connectivity index (χ1n) is 3.98. The van der Waals surface area contributed by atoms with Crippen LogP contribution >= 0.6 is 0 Å². The van der Waals surface area contributed by atoms with Crippen LogP contribution < -0.4 is 0 Å². The maximum Gasteiger partial charge on any atom is 0.401 e. The molecule has 0 atom stereocenters. The van der Waals surface area contributed by atoms with Crippen LogP contribution in [0.3, 0.4) is 0 Å². The second-order valence-corrected chi connectivity index (χ2v) is 2.74. The summed E-state index contributed by atoms with van der Waals surface area (Å²) in [6.45, 7) is 3.60. The molecule has 1 aromatic heterocycles. The van der Waals surface area contributed by atoms with E-state index in [1.54, 1.807) is 18.2 Å². The fraction of sp³-hybridized carbons (Fsp3) is 0. The highest BCUT2D eigenvalue weighted by Gasteiger charge is 2.13. The van der Waals surface area contributed by atoms with Gasteiger partial charge in [0.05, 0.1) is 5.39 Å². The number of rotatable bonds is 1. The smallest absolute Gasteiger partial charge is 0.401 e. The van der Waals surface area contributed by atoms with E-state index >= 15 is 0 Å². The number of phenols is 1. The molecule has 0 aliphatic heterocycles. The summed E-state index contributed by atoms with van der Waals surface area (Å²) in [4.78, 5) is 0. The number of fused-ring (bicyclic) bond motifs is 1. The van der Waals surface area contributed by atoms with Crippen molar-refractivity contribution in [3.05, 3.63) is 42.7 Å². The molecule has 0 fully saturated rings. The van der Waals surface area contributed by atoms with Crippen molar-refractivity contribution in [1.82, 2.24) is 0 Å². The molecule has 0 aliphatic rings. The van der Waals surface area contributed by atoms with Gasteiger partial charge < -0.3 is 5.11 Å².